The standard InChI is InChI=1S/C46H94N4O3/c1-7-9-11-13-15-17-19-21-23-25-27-29-31-33-35-37-45(51)47-43(49(3)4)39-41-53-42-40-44(50(5)6)48-46(52)38-36-34-32-30-28-26-24-22-20-18-16-14-12-10-8-2/h43-44H,7-42H2,1-6H3,(H,47,51)(H,48,52). The lowest BCUT2D eigenvalue weighted by molar-refractivity contribution is -0.123. The summed E-state index contributed by atoms with van der Waals surface area (Å²) in [6.45, 7) is 5.72. The number of ether oxygens (including phenoxy) is 1. The second kappa shape index (κ2) is 40.5. The molecule has 0 aliphatic heterocycles. The first-order valence-electron chi connectivity index (χ1n) is 23.3. The fourth-order valence-electron chi connectivity index (χ4n) is 7.24. The average molecular weight is 751 g/mol. The highest BCUT2D eigenvalue weighted by atomic mass is 16.5. The fourth-order valence-corrected chi connectivity index (χ4v) is 7.24. The van der Waals surface area contributed by atoms with Crippen molar-refractivity contribution in [3.8, 4) is 0 Å². The van der Waals surface area contributed by atoms with Gasteiger partial charge in [-0.15, -0.1) is 0 Å². The van der Waals surface area contributed by atoms with Crippen LogP contribution < -0.4 is 10.6 Å². The SMILES string of the molecule is CCCCCCCCCCCCCCCCCC(=O)NC(CCOCCC(NC(=O)CCCCCCCCCCCCCCCCC)N(C)C)N(C)C. The van der Waals surface area contributed by atoms with Crippen molar-refractivity contribution in [2.75, 3.05) is 41.4 Å². The summed E-state index contributed by atoms with van der Waals surface area (Å²) >= 11 is 0. The van der Waals surface area contributed by atoms with Gasteiger partial charge in [-0.05, 0) is 41.0 Å². The lowest BCUT2D eigenvalue weighted by Gasteiger charge is -2.27. The molecule has 0 rings (SSSR count). The Morgan fingerprint density at radius 3 is 0.849 bits per heavy atom. The zero-order chi connectivity index (χ0) is 39.0. The number of carbonyl (C=O) groups excluding carboxylic acids is 2. The Hall–Kier alpha value is -1.18. The van der Waals surface area contributed by atoms with Gasteiger partial charge in [-0.3, -0.25) is 19.4 Å². The van der Waals surface area contributed by atoms with E-state index in [0.29, 0.717) is 26.1 Å². The molecule has 316 valence electrons. The lowest BCUT2D eigenvalue weighted by atomic mass is 10.0. The minimum absolute atomic E-state index is 0.0295. The van der Waals surface area contributed by atoms with E-state index in [1.165, 1.54) is 167 Å². The Morgan fingerprint density at radius 1 is 0.396 bits per heavy atom. The first-order valence-corrected chi connectivity index (χ1v) is 23.3. The summed E-state index contributed by atoms with van der Waals surface area (Å²) in [5, 5.41) is 6.41. The van der Waals surface area contributed by atoms with Crippen molar-refractivity contribution in [2.24, 2.45) is 0 Å². The molecule has 0 heterocycles. The summed E-state index contributed by atoms with van der Waals surface area (Å²) < 4.78 is 5.98. The van der Waals surface area contributed by atoms with E-state index in [2.05, 4.69) is 34.3 Å². The molecule has 0 aliphatic carbocycles. The Kier molecular flexibility index (Phi) is 39.6. The average Bonchev–Trinajstić information content (AvgIpc) is 3.13. The normalized spacial score (nSPS) is 12.8. The van der Waals surface area contributed by atoms with Crippen molar-refractivity contribution in [2.45, 2.75) is 244 Å². The number of unbranched alkanes of at least 4 members (excludes halogenated alkanes) is 28. The quantitative estimate of drug-likeness (QED) is 0.0480. The van der Waals surface area contributed by atoms with Crippen molar-refractivity contribution in [1.82, 2.24) is 20.4 Å². The van der Waals surface area contributed by atoms with Gasteiger partial charge in [-0.1, -0.05) is 194 Å². The molecule has 7 nitrogen and oxygen atoms in total. The number of hydrogen-bond acceptors (Lipinski definition) is 5. The van der Waals surface area contributed by atoms with Crippen LogP contribution in [0.15, 0.2) is 0 Å². The van der Waals surface area contributed by atoms with E-state index in [0.717, 1.165) is 38.5 Å². The van der Waals surface area contributed by atoms with E-state index in [9.17, 15) is 9.59 Å². The van der Waals surface area contributed by atoms with Crippen LogP contribution in [-0.2, 0) is 14.3 Å². The first kappa shape index (κ1) is 51.8. The molecule has 0 fully saturated rings. The Balaban J connectivity index is 3.84. The van der Waals surface area contributed by atoms with Gasteiger partial charge in [-0.25, -0.2) is 0 Å². The van der Waals surface area contributed by atoms with E-state index in [1.54, 1.807) is 0 Å². The van der Waals surface area contributed by atoms with Gasteiger partial charge in [0.1, 0.15) is 0 Å². The van der Waals surface area contributed by atoms with Gasteiger partial charge in [0, 0.05) is 38.9 Å². The van der Waals surface area contributed by atoms with Crippen molar-refractivity contribution >= 4 is 11.8 Å². The van der Waals surface area contributed by atoms with E-state index in [1.807, 2.05) is 28.2 Å². The van der Waals surface area contributed by atoms with Gasteiger partial charge >= 0.3 is 0 Å². The van der Waals surface area contributed by atoms with Crippen LogP contribution in [0.2, 0.25) is 0 Å². The molecular formula is C46H94N4O3. The second-order valence-electron chi connectivity index (χ2n) is 16.7. The van der Waals surface area contributed by atoms with Crippen LogP contribution in [0.5, 0.6) is 0 Å². The maximum atomic E-state index is 12.6. The van der Waals surface area contributed by atoms with Crippen LogP contribution in [0, 0.1) is 0 Å². The number of carbonyl (C=O) groups is 2. The highest BCUT2D eigenvalue weighted by molar-refractivity contribution is 5.76. The Morgan fingerprint density at radius 2 is 0.623 bits per heavy atom. The maximum Gasteiger partial charge on any atom is 0.221 e. The van der Waals surface area contributed by atoms with Gasteiger partial charge in [0.25, 0.3) is 0 Å². The summed E-state index contributed by atoms with van der Waals surface area (Å²) in [6, 6.07) is 0. The Labute approximate surface area is 331 Å². The van der Waals surface area contributed by atoms with Crippen LogP contribution >= 0.6 is 0 Å². The van der Waals surface area contributed by atoms with Crippen molar-refractivity contribution in [1.29, 1.82) is 0 Å². The third-order valence-electron chi connectivity index (χ3n) is 11.0. The van der Waals surface area contributed by atoms with Gasteiger partial charge in [-0.2, -0.15) is 0 Å². The molecule has 0 radical (unpaired) electrons. The van der Waals surface area contributed by atoms with Crippen LogP contribution in [0.1, 0.15) is 232 Å². The molecule has 0 aromatic carbocycles. The largest absolute Gasteiger partial charge is 0.381 e. The van der Waals surface area contributed by atoms with Crippen LogP contribution in [0.3, 0.4) is 0 Å². The molecule has 2 N–H and O–H groups in total. The lowest BCUT2D eigenvalue weighted by Crippen LogP contribution is -2.46. The third kappa shape index (κ3) is 37.5. The van der Waals surface area contributed by atoms with Crippen molar-refractivity contribution in [3.63, 3.8) is 0 Å². The van der Waals surface area contributed by atoms with Gasteiger partial charge in [0.15, 0.2) is 0 Å². The number of nitrogens with zero attached hydrogens (tertiary/aromatic N) is 2. The monoisotopic (exact) mass is 751 g/mol. The van der Waals surface area contributed by atoms with Crippen LogP contribution in [0.4, 0.5) is 0 Å². The molecule has 0 bridgehead atoms. The zero-order valence-corrected chi connectivity index (χ0v) is 36.7. The van der Waals surface area contributed by atoms with Crippen molar-refractivity contribution < 1.29 is 14.3 Å². The van der Waals surface area contributed by atoms with Gasteiger partial charge in [0.2, 0.25) is 11.8 Å². The molecule has 53 heavy (non-hydrogen) atoms. The van der Waals surface area contributed by atoms with Crippen LogP contribution in [-0.4, -0.2) is 75.4 Å². The van der Waals surface area contributed by atoms with Crippen molar-refractivity contribution in [3.05, 3.63) is 0 Å². The zero-order valence-electron chi connectivity index (χ0n) is 36.7. The van der Waals surface area contributed by atoms with E-state index in [4.69, 9.17) is 4.74 Å². The summed E-state index contributed by atoms with van der Waals surface area (Å²) in [4.78, 5) is 29.4. The van der Waals surface area contributed by atoms with E-state index < -0.39 is 0 Å². The minimum Gasteiger partial charge on any atom is -0.381 e. The fraction of sp³-hybridized carbons (Fsp3) is 0.957. The number of amides is 2. The molecule has 2 amide bonds. The van der Waals surface area contributed by atoms with E-state index >= 15 is 0 Å². The molecule has 0 saturated heterocycles. The number of rotatable bonds is 42. The molecule has 2 atom stereocenters. The molecule has 7 heteroatoms. The molecule has 2 unspecified atom stereocenters. The van der Waals surface area contributed by atoms with Gasteiger partial charge < -0.3 is 15.4 Å². The molecule has 0 aromatic rings. The summed E-state index contributed by atoms with van der Waals surface area (Å²) in [6.07, 6.45) is 42.6. The smallest absolute Gasteiger partial charge is 0.221 e. The molecule has 0 spiro atoms. The summed E-state index contributed by atoms with van der Waals surface area (Å²) in [5.74, 6) is 0.283. The highest BCUT2D eigenvalue weighted by Crippen LogP contribution is 2.15. The predicted octanol–water partition coefficient (Wildman–Crippen LogP) is 12.3. The second-order valence-corrected chi connectivity index (χ2v) is 16.7. The molecule has 0 saturated carbocycles. The highest BCUT2D eigenvalue weighted by Gasteiger charge is 2.16. The molecule has 0 aromatic heterocycles. The summed E-state index contributed by atoms with van der Waals surface area (Å²) in [5.41, 5.74) is 0. The minimum atomic E-state index is -0.0295. The predicted molar refractivity (Wildman–Crippen MR) is 230 cm³/mol. The number of hydrogen-bond donors (Lipinski definition) is 2. The maximum absolute atomic E-state index is 12.6. The number of nitrogens with one attached hydrogen (secondary N) is 2. The topological polar surface area (TPSA) is 73.9 Å². The van der Waals surface area contributed by atoms with E-state index in [-0.39, 0.29) is 24.1 Å². The van der Waals surface area contributed by atoms with Gasteiger partial charge in [0.05, 0.1) is 12.3 Å². The molecular weight excluding hydrogens is 657 g/mol. The molecule has 0 aliphatic rings. The summed E-state index contributed by atoms with van der Waals surface area (Å²) in [7, 11) is 8.04. The van der Waals surface area contributed by atoms with Crippen LogP contribution in [0.25, 0.3) is 0 Å². The first-order chi connectivity index (χ1) is 25.8. The Bertz CT molecular complexity index is 716. The third-order valence-corrected chi connectivity index (χ3v) is 11.0.